The van der Waals surface area contributed by atoms with Gasteiger partial charge in [0.15, 0.2) is 0 Å². The van der Waals surface area contributed by atoms with Crippen molar-refractivity contribution in [2.45, 2.75) is 26.7 Å². The molecule has 0 aliphatic carbocycles. The lowest BCUT2D eigenvalue weighted by Crippen LogP contribution is -1.97. The van der Waals surface area contributed by atoms with Crippen LogP contribution in [0.15, 0.2) is 30.6 Å². The van der Waals surface area contributed by atoms with Crippen molar-refractivity contribution in [3.63, 3.8) is 0 Å². The maximum atomic E-state index is 9.92. The lowest BCUT2D eigenvalue weighted by atomic mass is 10.0. The van der Waals surface area contributed by atoms with Crippen LogP contribution in [0.3, 0.4) is 0 Å². The molecule has 2 rings (SSSR count). The average Bonchev–Trinajstić information content (AvgIpc) is 2.63. The topological polar surface area (TPSA) is 38.0 Å². The molecule has 3 nitrogen and oxygen atoms in total. The summed E-state index contributed by atoms with van der Waals surface area (Å²) in [6.45, 7) is 6.07. The van der Waals surface area contributed by atoms with Crippen LogP contribution in [0.25, 0.3) is 5.69 Å². The van der Waals surface area contributed by atoms with Crippen LogP contribution in [-0.2, 0) is 0 Å². The molecule has 1 aromatic heterocycles. The van der Waals surface area contributed by atoms with Crippen molar-refractivity contribution in [3.05, 3.63) is 42.0 Å². The summed E-state index contributed by atoms with van der Waals surface area (Å²) in [5, 5.41) is 9.92. The van der Waals surface area contributed by atoms with Gasteiger partial charge in [-0.3, -0.25) is 0 Å². The Kier molecular flexibility index (Phi) is 2.69. The average molecular weight is 216 g/mol. The van der Waals surface area contributed by atoms with Crippen LogP contribution < -0.4 is 0 Å². The van der Waals surface area contributed by atoms with Gasteiger partial charge in [-0.1, -0.05) is 19.9 Å². The fourth-order valence-corrected chi connectivity index (χ4v) is 1.82. The Labute approximate surface area is 95.4 Å². The largest absolute Gasteiger partial charge is 0.508 e. The van der Waals surface area contributed by atoms with Crippen LogP contribution in [0.2, 0.25) is 0 Å². The maximum Gasteiger partial charge on any atom is 0.121 e. The summed E-state index contributed by atoms with van der Waals surface area (Å²) in [6, 6.07) is 5.75. The number of hydrogen-bond donors (Lipinski definition) is 1. The van der Waals surface area contributed by atoms with Crippen molar-refractivity contribution < 1.29 is 5.11 Å². The van der Waals surface area contributed by atoms with Crippen molar-refractivity contribution in [2.75, 3.05) is 0 Å². The molecule has 0 saturated carbocycles. The quantitative estimate of drug-likeness (QED) is 0.838. The van der Waals surface area contributed by atoms with E-state index in [4.69, 9.17) is 0 Å². The Morgan fingerprint density at radius 3 is 2.56 bits per heavy atom. The molecule has 0 saturated heterocycles. The van der Waals surface area contributed by atoms with E-state index < -0.39 is 0 Å². The molecule has 0 spiro atoms. The van der Waals surface area contributed by atoms with E-state index in [0.29, 0.717) is 11.7 Å². The van der Waals surface area contributed by atoms with Gasteiger partial charge in [-0.25, -0.2) is 4.98 Å². The van der Waals surface area contributed by atoms with E-state index >= 15 is 0 Å². The Morgan fingerprint density at radius 2 is 2.06 bits per heavy atom. The fourth-order valence-electron chi connectivity index (χ4n) is 1.82. The van der Waals surface area contributed by atoms with Crippen LogP contribution in [0, 0.1) is 6.92 Å². The molecule has 0 bridgehead atoms. The number of imidazole rings is 1. The summed E-state index contributed by atoms with van der Waals surface area (Å²) in [5.74, 6) is 1.59. The van der Waals surface area contributed by atoms with Crippen molar-refractivity contribution in [1.82, 2.24) is 9.55 Å². The molecule has 1 aromatic carbocycles. The molecule has 3 heteroatoms. The van der Waals surface area contributed by atoms with E-state index in [-0.39, 0.29) is 0 Å². The van der Waals surface area contributed by atoms with Crippen molar-refractivity contribution in [2.24, 2.45) is 0 Å². The first-order chi connectivity index (χ1) is 7.59. The van der Waals surface area contributed by atoms with Gasteiger partial charge in [0.05, 0.1) is 5.69 Å². The van der Waals surface area contributed by atoms with Crippen molar-refractivity contribution in [1.29, 1.82) is 0 Å². The number of nitrogens with zero attached hydrogens (tertiary/aromatic N) is 2. The zero-order valence-electron chi connectivity index (χ0n) is 9.81. The molecule has 0 aliphatic heterocycles. The van der Waals surface area contributed by atoms with Gasteiger partial charge in [-0.05, 0) is 24.5 Å². The van der Waals surface area contributed by atoms with Crippen LogP contribution in [0.5, 0.6) is 5.75 Å². The van der Waals surface area contributed by atoms with E-state index in [9.17, 15) is 5.11 Å². The summed E-state index contributed by atoms with van der Waals surface area (Å²) in [7, 11) is 0. The van der Waals surface area contributed by atoms with E-state index in [1.165, 1.54) is 0 Å². The minimum Gasteiger partial charge on any atom is -0.508 e. The highest BCUT2D eigenvalue weighted by molar-refractivity contribution is 5.45. The third-order valence-electron chi connectivity index (χ3n) is 2.74. The maximum absolute atomic E-state index is 9.92. The zero-order chi connectivity index (χ0) is 11.7. The highest BCUT2D eigenvalue weighted by Crippen LogP contribution is 2.27. The van der Waals surface area contributed by atoms with Crippen LogP contribution in [0.1, 0.15) is 31.2 Å². The van der Waals surface area contributed by atoms with Gasteiger partial charge >= 0.3 is 0 Å². The van der Waals surface area contributed by atoms with Gasteiger partial charge < -0.3 is 9.67 Å². The van der Waals surface area contributed by atoms with Crippen LogP contribution in [0.4, 0.5) is 0 Å². The molecule has 1 heterocycles. The molecule has 0 amide bonds. The summed E-state index contributed by atoms with van der Waals surface area (Å²) in [6.07, 6.45) is 3.64. The highest BCUT2D eigenvalue weighted by Gasteiger charge is 2.08. The molecule has 0 aliphatic rings. The number of aryl methyl sites for hydroxylation is 1. The van der Waals surface area contributed by atoms with Crippen LogP contribution in [-0.4, -0.2) is 14.7 Å². The molecule has 0 radical (unpaired) electrons. The lowest BCUT2D eigenvalue weighted by molar-refractivity contribution is 0.464. The second kappa shape index (κ2) is 4.00. The summed E-state index contributed by atoms with van der Waals surface area (Å²) < 4.78 is 1.95. The van der Waals surface area contributed by atoms with Crippen LogP contribution >= 0.6 is 0 Å². The predicted octanol–water partition coefficient (Wildman–Crippen LogP) is 3.01. The van der Waals surface area contributed by atoms with Gasteiger partial charge in [0.2, 0.25) is 0 Å². The minimum atomic E-state index is 0.331. The van der Waals surface area contributed by atoms with Gasteiger partial charge in [-0.2, -0.15) is 0 Å². The third kappa shape index (κ3) is 1.81. The fraction of sp³-hybridized carbons (Fsp3) is 0.308. The summed E-state index contributed by atoms with van der Waals surface area (Å²) in [4.78, 5) is 4.16. The molecule has 0 atom stereocenters. The molecule has 2 aromatic rings. The van der Waals surface area contributed by atoms with Gasteiger partial charge in [0, 0.05) is 18.5 Å². The molecule has 84 valence electrons. The first-order valence-electron chi connectivity index (χ1n) is 5.43. The summed E-state index contributed by atoms with van der Waals surface area (Å²) in [5.41, 5.74) is 1.92. The molecular weight excluding hydrogens is 200 g/mol. The predicted molar refractivity (Wildman–Crippen MR) is 64.1 cm³/mol. The highest BCUT2D eigenvalue weighted by atomic mass is 16.3. The first kappa shape index (κ1) is 10.7. The number of benzene rings is 1. The number of phenols is 1. The van der Waals surface area contributed by atoms with Gasteiger partial charge in [0.25, 0.3) is 0 Å². The number of hydrogen-bond acceptors (Lipinski definition) is 2. The third-order valence-corrected chi connectivity index (χ3v) is 2.74. The molecular formula is C13H16N2O. The van der Waals surface area contributed by atoms with E-state index in [1.54, 1.807) is 12.3 Å². The first-order valence-corrected chi connectivity index (χ1v) is 5.43. The summed E-state index contributed by atoms with van der Waals surface area (Å²) >= 11 is 0. The SMILES string of the molecule is Cc1nccn1-c1ccc(C(C)C)c(O)c1. The zero-order valence-corrected chi connectivity index (χ0v) is 9.81. The molecule has 0 unspecified atom stereocenters. The minimum absolute atomic E-state index is 0.331. The normalized spacial score (nSPS) is 11.0. The van der Waals surface area contributed by atoms with Crippen molar-refractivity contribution >= 4 is 0 Å². The second-order valence-corrected chi connectivity index (χ2v) is 4.24. The monoisotopic (exact) mass is 216 g/mol. The Hall–Kier alpha value is -1.77. The van der Waals surface area contributed by atoms with E-state index in [0.717, 1.165) is 17.1 Å². The number of rotatable bonds is 2. The van der Waals surface area contributed by atoms with E-state index in [1.807, 2.05) is 29.8 Å². The lowest BCUT2D eigenvalue weighted by Gasteiger charge is -2.11. The molecule has 0 fully saturated rings. The molecule has 1 N–H and O–H groups in total. The smallest absolute Gasteiger partial charge is 0.121 e. The Balaban J connectivity index is 2.46. The number of aromatic nitrogens is 2. The van der Waals surface area contributed by atoms with E-state index in [2.05, 4.69) is 18.8 Å². The standard InChI is InChI=1S/C13H16N2O/c1-9(2)12-5-4-11(8-13(12)16)15-7-6-14-10(15)3/h4-9,16H,1-3H3. The van der Waals surface area contributed by atoms with Gasteiger partial charge in [-0.15, -0.1) is 0 Å². The molecule has 16 heavy (non-hydrogen) atoms. The van der Waals surface area contributed by atoms with Gasteiger partial charge in [0.1, 0.15) is 11.6 Å². The number of phenolic OH excluding ortho intramolecular Hbond substituents is 1. The second-order valence-electron chi connectivity index (χ2n) is 4.24. The Morgan fingerprint density at radius 1 is 1.31 bits per heavy atom. The number of aromatic hydroxyl groups is 1. The Bertz CT molecular complexity index is 500. The van der Waals surface area contributed by atoms with Crippen molar-refractivity contribution in [3.8, 4) is 11.4 Å².